The molecule has 1 aromatic carbocycles. The van der Waals surface area contributed by atoms with E-state index in [2.05, 4.69) is 10.3 Å². The van der Waals surface area contributed by atoms with Gasteiger partial charge >= 0.3 is 6.09 Å². The molecule has 1 atom stereocenters. The zero-order valence-electron chi connectivity index (χ0n) is 16.1. The monoisotopic (exact) mass is 358 g/mol. The molecule has 0 saturated heterocycles. The maximum Gasteiger partial charge on any atom is 0.408 e. The fourth-order valence-corrected chi connectivity index (χ4v) is 2.25. The lowest BCUT2D eigenvalue weighted by molar-refractivity contribution is -0.129. The Kier molecular flexibility index (Phi) is 5.54. The third kappa shape index (κ3) is 5.18. The van der Waals surface area contributed by atoms with Crippen LogP contribution in [0.2, 0.25) is 0 Å². The third-order valence-corrected chi connectivity index (χ3v) is 3.49. The first-order valence-electron chi connectivity index (χ1n) is 8.52. The van der Waals surface area contributed by atoms with E-state index in [1.165, 1.54) is 0 Å². The molecule has 1 amide bonds. The Bertz CT molecular complexity index is 767. The summed E-state index contributed by atoms with van der Waals surface area (Å²) in [6.07, 6.45) is 0.851. The number of ether oxygens (including phenoxy) is 1. The Morgan fingerprint density at radius 1 is 1.08 bits per heavy atom. The van der Waals surface area contributed by atoms with E-state index in [1.54, 1.807) is 47.7 Å². The van der Waals surface area contributed by atoms with E-state index in [-0.39, 0.29) is 11.7 Å². The molecule has 0 radical (unpaired) electrons. The molecule has 1 unspecified atom stereocenters. The van der Waals surface area contributed by atoms with Gasteiger partial charge in [-0.2, -0.15) is 0 Å². The number of alkyl carbamates (subject to hydrolysis) is 1. The van der Waals surface area contributed by atoms with E-state index in [0.717, 1.165) is 5.56 Å². The highest BCUT2D eigenvalue weighted by atomic mass is 16.6. The van der Waals surface area contributed by atoms with Crippen molar-refractivity contribution in [2.45, 2.75) is 53.2 Å². The highest BCUT2D eigenvalue weighted by Gasteiger charge is 2.36. The Balaban J connectivity index is 2.31. The summed E-state index contributed by atoms with van der Waals surface area (Å²) < 4.78 is 11.0. The van der Waals surface area contributed by atoms with Gasteiger partial charge in [0.25, 0.3) is 0 Å². The molecular formula is C20H26N2O4. The number of Topliss-reactive ketones (excluding diaryl/α,β-unsaturated/α-hetero) is 1. The normalized spacial score (nSPS) is 13.2. The van der Waals surface area contributed by atoms with Crippen LogP contribution in [0.4, 0.5) is 4.79 Å². The van der Waals surface area contributed by atoms with E-state index < -0.39 is 23.2 Å². The molecule has 0 aliphatic heterocycles. The molecule has 140 valence electrons. The van der Waals surface area contributed by atoms with Crippen LogP contribution in [0, 0.1) is 5.41 Å². The lowest BCUT2D eigenvalue weighted by Gasteiger charge is -2.25. The second-order valence-corrected chi connectivity index (χ2v) is 8.12. The lowest BCUT2D eigenvalue weighted by Crippen LogP contribution is -2.41. The SMILES string of the molecule is CC(C)(C)OC(=O)NC(C(=O)C(C)(C)C)c1ncc(-c2ccccc2)o1. The summed E-state index contributed by atoms with van der Waals surface area (Å²) >= 11 is 0. The van der Waals surface area contributed by atoms with Gasteiger partial charge < -0.3 is 14.5 Å². The van der Waals surface area contributed by atoms with Crippen LogP contribution in [-0.4, -0.2) is 22.5 Å². The Morgan fingerprint density at radius 2 is 1.69 bits per heavy atom. The van der Waals surface area contributed by atoms with Gasteiger partial charge in [-0.05, 0) is 20.8 Å². The van der Waals surface area contributed by atoms with Crippen molar-refractivity contribution in [3.8, 4) is 11.3 Å². The number of benzene rings is 1. The minimum absolute atomic E-state index is 0.134. The van der Waals surface area contributed by atoms with Crippen LogP contribution in [0.1, 0.15) is 53.5 Å². The van der Waals surface area contributed by atoms with E-state index in [9.17, 15) is 9.59 Å². The van der Waals surface area contributed by atoms with Gasteiger partial charge in [-0.15, -0.1) is 0 Å². The molecule has 0 aliphatic rings. The van der Waals surface area contributed by atoms with Gasteiger partial charge in [-0.1, -0.05) is 51.1 Å². The number of ketones is 1. The highest BCUT2D eigenvalue weighted by molar-refractivity contribution is 5.91. The second-order valence-electron chi connectivity index (χ2n) is 8.12. The van der Waals surface area contributed by atoms with Crippen LogP contribution < -0.4 is 5.32 Å². The summed E-state index contributed by atoms with van der Waals surface area (Å²) in [6.45, 7) is 10.6. The summed E-state index contributed by atoms with van der Waals surface area (Å²) in [5.41, 5.74) is -0.530. The molecule has 0 bridgehead atoms. The Labute approximate surface area is 154 Å². The molecule has 1 heterocycles. The number of oxazole rings is 1. The van der Waals surface area contributed by atoms with Gasteiger partial charge in [0.15, 0.2) is 17.6 Å². The number of aromatic nitrogens is 1. The number of amides is 1. The first kappa shape index (κ1) is 19.7. The van der Waals surface area contributed by atoms with Crippen molar-refractivity contribution >= 4 is 11.9 Å². The maximum absolute atomic E-state index is 12.8. The average Bonchev–Trinajstić information content (AvgIpc) is 3.00. The smallest absolute Gasteiger partial charge is 0.408 e. The minimum atomic E-state index is -1.03. The molecule has 0 fully saturated rings. The molecule has 26 heavy (non-hydrogen) atoms. The van der Waals surface area contributed by atoms with Crippen molar-refractivity contribution in [3.63, 3.8) is 0 Å². The van der Waals surface area contributed by atoms with E-state index in [0.29, 0.717) is 5.76 Å². The summed E-state index contributed by atoms with van der Waals surface area (Å²) in [6, 6.07) is 8.40. The molecule has 0 aliphatic carbocycles. The molecule has 0 saturated carbocycles. The van der Waals surface area contributed by atoms with Gasteiger partial charge in [-0.25, -0.2) is 9.78 Å². The Morgan fingerprint density at radius 3 is 2.23 bits per heavy atom. The van der Waals surface area contributed by atoms with Crippen molar-refractivity contribution in [2.75, 3.05) is 0 Å². The molecule has 6 nitrogen and oxygen atoms in total. The van der Waals surface area contributed by atoms with Gasteiger partial charge in [-0.3, -0.25) is 4.79 Å². The van der Waals surface area contributed by atoms with Gasteiger partial charge in [0, 0.05) is 11.0 Å². The van der Waals surface area contributed by atoms with Gasteiger partial charge in [0.1, 0.15) is 5.60 Å². The van der Waals surface area contributed by atoms with Crippen molar-refractivity contribution in [1.29, 1.82) is 0 Å². The topological polar surface area (TPSA) is 81.4 Å². The molecule has 1 N–H and O–H groups in total. The highest BCUT2D eigenvalue weighted by Crippen LogP contribution is 2.28. The molecule has 2 aromatic rings. The van der Waals surface area contributed by atoms with Crippen molar-refractivity contribution < 1.29 is 18.7 Å². The van der Waals surface area contributed by atoms with Crippen LogP contribution in [0.15, 0.2) is 40.9 Å². The van der Waals surface area contributed by atoms with Crippen LogP contribution in [0.3, 0.4) is 0 Å². The molecule has 6 heteroatoms. The first-order chi connectivity index (χ1) is 12.0. The number of carbonyl (C=O) groups is 2. The molecule has 0 spiro atoms. The fraction of sp³-hybridized carbons (Fsp3) is 0.450. The predicted molar refractivity (Wildman–Crippen MR) is 98.5 cm³/mol. The van der Waals surface area contributed by atoms with Gasteiger partial charge in [0.05, 0.1) is 6.20 Å². The predicted octanol–water partition coefficient (Wildman–Crippen LogP) is 4.52. The summed E-state index contributed by atoms with van der Waals surface area (Å²) in [5.74, 6) is 0.442. The number of nitrogens with one attached hydrogen (secondary N) is 1. The maximum atomic E-state index is 12.8. The molecule has 2 rings (SSSR count). The summed E-state index contributed by atoms with van der Waals surface area (Å²) in [7, 11) is 0. The largest absolute Gasteiger partial charge is 0.444 e. The summed E-state index contributed by atoms with van der Waals surface area (Å²) in [4.78, 5) is 29.3. The van der Waals surface area contributed by atoms with E-state index in [4.69, 9.17) is 9.15 Å². The van der Waals surface area contributed by atoms with E-state index >= 15 is 0 Å². The zero-order chi connectivity index (χ0) is 19.5. The number of hydrogen-bond donors (Lipinski definition) is 1. The third-order valence-electron chi connectivity index (χ3n) is 3.49. The average molecular weight is 358 g/mol. The van der Waals surface area contributed by atoms with E-state index in [1.807, 2.05) is 30.3 Å². The Hall–Kier alpha value is -2.63. The molecule has 1 aromatic heterocycles. The number of carbonyl (C=O) groups excluding carboxylic acids is 2. The lowest BCUT2D eigenvalue weighted by atomic mass is 9.86. The number of nitrogens with zero attached hydrogens (tertiary/aromatic N) is 1. The number of rotatable bonds is 4. The summed E-state index contributed by atoms with van der Waals surface area (Å²) in [5, 5.41) is 2.59. The molecular weight excluding hydrogens is 332 g/mol. The van der Waals surface area contributed by atoms with Crippen LogP contribution >= 0.6 is 0 Å². The fourth-order valence-electron chi connectivity index (χ4n) is 2.25. The van der Waals surface area contributed by atoms with Crippen LogP contribution in [-0.2, 0) is 9.53 Å². The number of hydrogen-bond acceptors (Lipinski definition) is 5. The first-order valence-corrected chi connectivity index (χ1v) is 8.52. The van der Waals surface area contributed by atoms with Crippen molar-refractivity contribution in [1.82, 2.24) is 10.3 Å². The second kappa shape index (κ2) is 7.32. The zero-order valence-corrected chi connectivity index (χ0v) is 16.1. The van der Waals surface area contributed by atoms with Crippen molar-refractivity contribution in [2.24, 2.45) is 5.41 Å². The van der Waals surface area contributed by atoms with Crippen LogP contribution in [0.5, 0.6) is 0 Å². The standard InChI is InChI=1S/C20H26N2O4/c1-19(2,3)16(23)15(22-18(24)26-20(4,5)6)17-21-12-14(25-17)13-10-8-7-9-11-13/h7-12,15H,1-6H3,(H,22,24). The van der Waals surface area contributed by atoms with Crippen LogP contribution in [0.25, 0.3) is 11.3 Å². The minimum Gasteiger partial charge on any atom is -0.444 e. The van der Waals surface area contributed by atoms with Crippen molar-refractivity contribution in [3.05, 3.63) is 42.4 Å². The quantitative estimate of drug-likeness (QED) is 0.869. The van der Waals surface area contributed by atoms with Gasteiger partial charge in [0.2, 0.25) is 5.89 Å².